The summed E-state index contributed by atoms with van der Waals surface area (Å²) in [5, 5.41) is 7.19. The minimum absolute atomic E-state index is 0.102. The average molecular weight is 313 g/mol. The third kappa shape index (κ3) is 4.12. The average Bonchev–Trinajstić information content (AvgIpc) is 2.85. The van der Waals surface area contributed by atoms with Crippen LogP contribution in [-0.2, 0) is 24.7 Å². The molecule has 1 amide bonds. The smallest absolute Gasteiger partial charge is 0.220 e. The summed E-state index contributed by atoms with van der Waals surface area (Å²) in [6, 6.07) is 10.1. The molecule has 2 aromatic rings. The van der Waals surface area contributed by atoms with Gasteiger partial charge in [-0.05, 0) is 42.9 Å². The maximum absolute atomic E-state index is 12.1. The highest BCUT2D eigenvalue weighted by molar-refractivity contribution is 5.76. The second-order valence-corrected chi connectivity index (χ2v) is 6.07. The Morgan fingerprint density at radius 1 is 1.39 bits per heavy atom. The third-order valence-corrected chi connectivity index (χ3v) is 4.38. The zero-order chi connectivity index (χ0) is 16.1. The standard InChI is InChI=1S/C18H23N3O2/c1-21-16(8-10-20-21)6-7-18(22)19-13-14-9-11-23-17-5-3-2-4-15(17)12-14/h2-5,8,10,14H,6-7,9,11-13H2,1H3,(H,19,22)/t14-/m1/s1. The minimum Gasteiger partial charge on any atom is -0.493 e. The van der Waals surface area contributed by atoms with E-state index in [1.54, 1.807) is 6.20 Å². The molecule has 1 atom stereocenters. The van der Waals surface area contributed by atoms with Gasteiger partial charge in [0.2, 0.25) is 5.91 Å². The van der Waals surface area contributed by atoms with Gasteiger partial charge in [0.25, 0.3) is 0 Å². The molecule has 1 aliphatic rings. The van der Waals surface area contributed by atoms with Crippen molar-refractivity contribution >= 4 is 5.91 Å². The van der Waals surface area contributed by atoms with E-state index < -0.39 is 0 Å². The van der Waals surface area contributed by atoms with Gasteiger partial charge in [0.05, 0.1) is 6.61 Å². The van der Waals surface area contributed by atoms with Crippen molar-refractivity contribution in [3.05, 3.63) is 47.8 Å². The Labute approximate surface area is 136 Å². The van der Waals surface area contributed by atoms with Crippen LogP contribution in [0.15, 0.2) is 36.5 Å². The summed E-state index contributed by atoms with van der Waals surface area (Å²) < 4.78 is 7.59. The van der Waals surface area contributed by atoms with Crippen LogP contribution in [-0.4, -0.2) is 28.8 Å². The summed E-state index contributed by atoms with van der Waals surface area (Å²) in [6.45, 7) is 1.43. The van der Waals surface area contributed by atoms with Crippen LogP contribution in [0.2, 0.25) is 0 Å². The summed E-state index contributed by atoms with van der Waals surface area (Å²) in [4.78, 5) is 12.1. The minimum atomic E-state index is 0.102. The number of aryl methyl sites for hydroxylation is 2. The number of para-hydroxylation sites is 1. The maximum atomic E-state index is 12.1. The SMILES string of the molecule is Cn1nccc1CCC(=O)NC[C@@H]1CCOc2ccccc2C1. The molecule has 0 saturated carbocycles. The van der Waals surface area contributed by atoms with Gasteiger partial charge in [0.15, 0.2) is 0 Å². The van der Waals surface area contributed by atoms with Crippen molar-refractivity contribution < 1.29 is 9.53 Å². The molecule has 1 aromatic heterocycles. The van der Waals surface area contributed by atoms with Crippen molar-refractivity contribution in [2.24, 2.45) is 13.0 Å². The number of aromatic nitrogens is 2. The number of carbonyl (C=O) groups is 1. The van der Waals surface area contributed by atoms with Crippen molar-refractivity contribution in [1.82, 2.24) is 15.1 Å². The normalized spacial score (nSPS) is 17.0. The molecule has 1 aromatic carbocycles. The van der Waals surface area contributed by atoms with Crippen LogP contribution in [0.5, 0.6) is 5.75 Å². The van der Waals surface area contributed by atoms with Crippen LogP contribution < -0.4 is 10.1 Å². The van der Waals surface area contributed by atoms with Gasteiger partial charge in [-0.15, -0.1) is 0 Å². The van der Waals surface area contributed by atoms with Gasteiger partial charge in [0, 0.05) is 31.9 Å². The van der Waals surface area contributed by atoms with Crippen LogP contribution in [0.1, 0.15) is 24.1 Å². The Kier molecular flexibility index (Phi) is 4.95. The summed E-state index contributed by atoms with van der Waals surface area (Å²) in [5.41, 5.74) is 2.32. The number of rotatable bonds is 5. The van der Waals surface area contributed by atoms with E-state index in [1.807, 2.05) is 36.0 Å². The number of nitrogens with zero attached hydrogens (tertiary/aromatic N) is 2. The first-order valence-corrected chi connectivity index (χ1v) is 8.16. The molecule has 0 saturated heterocycles. The van der Waals surface area contributed by atoms with Gasteiger partial charge in [0.1, 0.15) is 5.75 Å². The number of carbonyl (C=O) groups excluding carboxylic acids is 1. The van der Waals surface area contributed by atoms with Crippen molar-refractivity contribution in [1.29, 1.82) is 0 Å². The number of nitrogens with one attached hydrogen (secondary N) is 1. The molecule has 1 N–H and O–H groups in total. The van der Waals surface area contributed by atoms with E-state index >= 15 is 0 Å². The van der Waals surface area contributed by atoms with Gasteiger partial charge in [-0.1, -0.05) is 18.2 Å². The fraction of sp³-hybridized carbons (Fsp3) is 0.444. The summed E-state index contributed by atoms with van der Waals surface area (Å²) >= 11 is 0. The molecule has 5 nitrogen and oxygen atoms in total. The Morgan fingerprint density at radius 2 is 2.26 bits per heavy atom. The molecule has 2 heterocycles. The molecular weight excluding hydrogens is 290 g/mol. The lowest BCUT2D eigenvalue weighted by molar-refractivity contribution is -0.121. The molecule has 122 valence electrons. The second-order valence-electron chi connectivity index (χ2n) is 6.07. The Balaban J connectivity index is 1.46. The van der Waals surface area contributed by atoms with Crippen molar-refractivity contribution in [3.63, 3.8) is 0 Å². The maximum Gasteiger partial charge on any atom is 0.220 e. The number of benzene rings is 1. The molecule has 5 heteroatoms. The quantitative estimate of drug-likeness (QED) is 0.920. The van der Waals surface area contributed by atoms with E-state index in [-0.39, 0.29) is 5.91 Å². The Morgan fingerprint density at radius 3 is 3.09 bits per heavy atom. The van der Waals surface area contributed by atoms with Gasteiger partial charge < -0.3 is 10.1 Å². The highest BCUT2D eigenvalue weighted by Crippen LogP contribution is 2.26. The first-order valence-electron chi connectivity index (χ1n) is 8.16. The van der Waals surface area contributed by atoms with E-state index in [9.17, 15) is 4.79 Å². The number of hydrogen-bond donors (Lipinski definition) is 1. The van der Waals surface area contributed by atoms with E-state index in [0.29, 0.717) is 25.5 Å². The monoisotopic (exact) mass is 313 g/mol. The van der Waals surface area contributed by atoms with Crippen LogP contribution in [0, 0.1) is 5.92 Å². The lowest BCUT2D eigenvalue weighted by Crippen LogP contribution is -2.30. The van der Waals surface area contributed by atoms with E-state index in [4.69, 9.17) is 4.74 Å². The van der Waals surface area contributed by atoms with E-state index in [2.05, 4.69) is 16.5 Å². The Bertz CT molecular complexity index is 666. The molecule has 0 radical (unpaired) electrons. The highest BCUT2D eigenvalue weighted by Gasteiger charge is 2.18. The predicted octanol–water partition coefficient (Wildman–Crippen LogP) is 2.11. The van der Waals surface area contributed by atoms with Crippen molar-refractivity contribution in [2.75, 3.05) is 13.2 Å². The van der Waals surface area contributed by atoms with Crippen LogP contribution in [0.4, 0.5) is 0 Å². The number of amides is 1. The second kappa shape index (κ2) is 7.31. The zero-order valence-electron chi connectivity index (χ0n) is 13.5. The molecule has 1 aliphatic heterocycles. The molecule has 0 bridgehead atoms. The summed E-state index contributed by atoms with van der Waals surface area (Å²) in [7, 11) is 1.90. The first kappa shape index (κ1) is 15.6. The Hall–Kier alpha value is -2.30. The van der Waals surface area contributed by atoms with Crippen molar-refractivity contribution in [3.8, 4) is 5.75 Å². The fourth-order valence-electron chi connectivity index (χ4n) is 2.97. The summed E-state index contributed by atoms with van der Waals surface area (Å²) in [6.07, 6.45) is 4.91. The first-order chi connectivity index (χ1) is 11.2. The van der Waals surface area contributed by atoms with E-state index in [1.165, 1.54) is 5.56 Å². The highest BCUT2D eigenvalue weighted by atomic mass is 16.5. The van der Waals surface area contributed by atoms with Crippen LogP contribution in [0.3, 0.4) is 0 Å². The largest absolute Gasteiger partial charge is 0.493 e. The molecule has 3 rings (SSSR count). The molecule has 0 fully saturated rings. The summed E-state index contributed by atoms with van der Waals surface area (Å²) in [5.74, 6) is 1.52. The molecule has 0 unspecified atom stereocenters. The lowest BCUT2D eigenvalue weighted by Gasteiger charge is -2.14. The van der Waals surface area contributed by atoms with Crippen molar-refractivity contribution in [2.45, 2.75) is 25.7 Å². The number of fused-ring (bicyclic) bond motifs is 1. The van der Waals surface area contributed by atoms with Crippen LogP contribution >= 0.6 is 0 Å². The molecule has 0 aliphatic carbocycles. The number of ether oxygens (including phenoxy) is 1. The van der Waals surface area contributed by atoms with Gasteiger partial charge >= 0.3 is 0 Å². The van der Waals surface area contributed by atoms with Gasteiger partial charge in [-0.25, -0.2) is 0 Å². The molecule has 0 spiro atoms. The van der Waals surface area contributed by atoms with Crippen LogP contribution in [0.25, 0.3) is 0 Å². The number of hydrogen-bond acceptors (Lipinski definition) is 3. The predicted molar refractivity (Wildman–Crippen MR) is 88.3 cm³/mol. The molecular formula is C18H23N3O2. The third-order valence-electron chi connectivity index (χ3n) is 4.38. The van der Waals surface area contributed by atoms with E-state index in [0.717, 1.165) is 30.7 Å². The van der Waals surface area contributed by atoms with Gasteiger partial charge in [-0.2, -0.15) is 5.10 Å². The zero-order valence-corrected chi connectivity index (χ0v) is 13.5. The topological polar surface area (TPSA) is 56.2 Å². The fourth-order valence-corrected chi connectivity index (χ4v) is 2.97. The van der Waals surface area contributed by atoms with Gasteiger partial charge in [-0.3, -0.25) is 9.48 Å². The molecule has 23 heavy (non-hydrogen) atoms. The lowest BCUT2D eigenvalue weighted by atomic mass is 9.97.